The summed E-state index contributed by atoms with van der Waals surface area (Å²) in [5.74, 6) is -3.03. The van der Waals surface area contributed by atoms with Gasteiger partial charge in [-0.3, -0.25) is 24.0 Å². The van der Waals surface area contributed by atoms with Gasteiger partial charge in [0, 0.05) is 19.6 Å². The molecule has 0 spiro atoms. The standard InChI is InChI=1S/C33H58N6O6/c1-11-38(12-2)29(43)25(32(5,6)7)36-31(45)37-26(33(8,9)10)30(44)39-17-16-21(19(3)4)23(39)28(42)35-22(24(40)27(34)41)18-20-14-13-15-20/h19-23,25-26H,11-18H2,1-10H3,(H2,34,41)(H,35,42)(H2,36,37,45)/t21-,22?,23+,25-,26-/m1/s1. The lowest BCUT2D eigenvalue weighted by atomic mass is 9.80. The Balaban J connectivity index is 2.35. The van der Waals surface area contributed by atoms with Crippen molar-refractivity contribution >= 4 is 35.4 Å². The van der Waals surface area contributed by atoms with Crippen molar-refractivity contribution in [2.75, 3.05) is 19.6 Å². The Bertz CT molecular complexity index is 1100. The van der Waals surface area contributed by atoms with Gasteiger partial charge in [0.1, 0.15) is 18.1 Å². The molecular formula is C33H58N6O6. The Kier molecular flexibility index (Phi) is 13.0. The zero-order valence-electron chi connectivity index (χ0n) is 29.1. The fourth-order valence-corrected chi connectivity index (χ4v) is 6.30. The van der Waals surface area contributed by atoms with E-state index in [4.69, 9.17) is 5.73 Å². The number of nitrogens with one attached hydrogen (secondary N) is 3. The van der Waals surface area contributed by atoms with Crippen LogP contribution in [0.1, 0.15) is 101 Å². The second-order valence-electron chi connectivity index (χ2n) is 15.2. The Morgan fingerprint density at radius 3 is 1.80 bits per heavy atom. The molecule has 45 heavy (non-hydrogen) atoms. The quantitative estimate of drug-likeness (QED) is 0.227. The van der Waals surface area contributed by atoms with Gasteiger partial charge in [0.15, 0.2) is 0 Å². The zero-order valence-corrected chi connectivity index (χ0v) is 29.1. The van der Waals surface area contributed by atoms with Gasteiger partial charge in [-0.05, 0) is 55.3 Å². The van der Waals surface area contributed by atoms with Crippen molar-refractivity contribution in [1.82, 2.24) is 25.8 Å². The van der Waals surface area contributed by atoms with Gasteiger partial charge in [-0.25, -0.2) is 4.79 Å². The predicted molar refractivity (Wildman–Crippen MR) is 173 cm³/mol. The number of carbonyl (C=O) groups is 6. The Morgan fingerprint density at radius 2 is 1.38 bits per heavy atom. The molecule has 256 valence electrons. The van der Waals surface area contributed by atoms with Crippen molar-refractivity contribution in [3.63, 3.8) is 0 Å². The average molecular weight is 635 g/mol. The molecule has 0 radical (unpaired) electrons. The van der Waals surface area contributed by atoms with Crippen LogP contribution in [0.4, 0.5) is 4.79 Å². The van der Waals surface area contributed by atoms with Gasteiger partial charge >= 0.3 is 6.03 Å². The van der Waals surface area contributed by atoms with Crippen LogP contribution in [0.5, 0.6) is 0 Å². The molecule has 6 amide bonds. The number of urea groups is 1. The number of likely N-dealkylation sites (N-methyl/N-ethyl adjacent to an activating group) is 1. The topological polar surface area (TPSA) is 171 Å². The van der Waals surface area contributed by atoms with Gasteiger partial charge in [-0.15, -0.1) is 0 Å². The normalized spacial score (nSPS) is 20.9. The first-order chi connectivity index (χ1) is 20.7. The number of amides is 6. The van der Waals surface area contributed by atoms with Gasteiger partial charge < -0.3 is 31.5 Å². The summed E-state index contributed by atoms with van der Waals surface area (Å²) in [6, 6.07) is -4.47. The van der Waals surface area contributed by atoms with Gasteiger partial charge in [0.25, 0.3) is 5.91 Å². The highest BCUT2D eigenvalue weighted by atomic mass is 16.2. The lowest BCUT2D eigenvalue weighted by molar-refractivity contribution is -0.144. The fourth-order valence-electron chi connectivity index (χ4n) is 6.30. The number of nitrogens with zero attached hydrogens (tertiary/aromatic N) is 2. The van der Waals surface area contributed by atoms with Crippen LogP contribution < -0.4 is 21.7 Å². The third-order valence-corrected chi connectivity index (χ3v) is 9.37. The van der Waals surface area contributed by atoms with E-state index in [0.29, 0.717) is 25.9 Å². The summed E-state index contributed by atoms with van der Waals surface area (Å²) in [7, 11) is 0. The first-order valence-corrected chi connectivity index (χ1v) is 16.5. The van der Waals surface area contributed by atoms with E-state index in [-0.39, 0.29) is 30.2 Å². The highest BCUT2D eigenvalue weighted by Crippen LogP contribution is 2.34. The number of hydrogen-bond donors (Lipinski definition) is 4. The first-order valence-electron chi connectivity index (χ1n) is 16.5. The smallest absolute Gasteiger partial charge is 0.316 e. The molecule has 0 aromatic rings. The molecule has 0 aromatic carbocycles. The van der Waals surface area contributed by atoms with Crippen LogP contribution in [0.2, 0.25) is 0 Å². The van der Waals surface area contributed by atoms with E-state index >= 15 is 0 Å². The summed E-state index contributed by atoms with van der Waals surface area (Å²) < 4.78 is 0. The number of nitrogens with two attached hydrogens (primary N) is 1. The lowest BCUT2D eigenvalue weighted by Crippen LogP contribution is -2.63. The molecule has 1 aliphatic carbocycles. The number of ketones is 1. The molecule has 1 unspecified atom stereocenters. The maximum Gasteiger partial charge on any atom is 0.316 e. The molecule has 0 aromatic heterocycles. The zero-order chi connectivity index (χ0) is 34.4. The average Bonchev–Trinajstić information content (AvgIpc) is 3.36. The summed E-state index contributed by atoms with van der Waals surface area (Å²) in [6.07, 6.45) is 3.75. The maximum absolute atomic E-state index is 14.3. The van der Waals surface area contributed by atoms with Crippen LogP contribution in [0.25, 0.3) is 0 Å². The SMILES string of the molecule is CCN(CC)C(=O)[C@@H](NC(=O)N[C@H](C(=O)N1CC[C@H](C(C)C)[C@H]1C(=O)NC(CC1CCC1)C(=O)C(N)=O)C(C)(C)C)C(C)(C)C. The van der Waals surface area contributed by atoms with Gasteiger partial charge in [-0.2, -0.15) is 0 Å². The molecule has 12 nitrogen and oxygen atoms in total. The molecule has 1 saturated carbocycles. The number of likely N-dealkylation sites (tertiary alicyclic amines) is 1. The third kappa shape index (κ3) is 9.66. The largest absolute Gasteiger partial charge is 0.363 e. The van der Waals surface area contributed by atoms with Crippen LogP contribution in [-0.2, 0) is 24.0 Å². The highest BCUT2D eigenvalue weighted by Gasteiger charge is 2.48. The third-order valence-electron chi connectivity index (χ3n) is 9.37. The molecule has 12 heteroatoms. The fraction of sp³-hybridized carbons (Fsp3) is 0.818. The van der Waals surface area contributed by atoms with Crippen molar-refractivity contribution in [3.8, 4) is 0 Å². The molecule has 1 heterocycles. The summed E-state index contributed by atoms with van der Waals surface area (Å²) >= 11 is 0. The molecule has 5 N–H and O–H groups in total. The molecular weight excluding hydrogens is 576 g/mol. The van der Waals surface area contributed by atoms with E-state index in [0.717, 1.165) is 19.3 Å². The number of rotatable bonds is 13. The molecule has 2 rings (SSSR count). The Hall–Kier alpha value is -3.18. The second kappa shape index (κ2) is 15.4. The van der Waals surface area contributed by atoms with Crippen LogP contribution >= 0.6 is 0 Å². The minimum Gasteiger partial charge on any atom is -0.363 e. The molecule has 2 aliphatic rings. The predicted octanol–water partition coefficient (Wildman–Crippen LogP) is 2.59. The van der Waals surface area contributed by atoms with Gasteiger partial charge in [0.05, 0.1) is 6.04 Å². The summed E-state index contributed by atoms with van der Waals surface area (Å²) in [4.78, 5) is 82.6. The summed E-state index contributed by atoms with van der Waals surface area (Å²) in [5, 5.41) is 8.43. The molecule has 5 atom stereocenters. The van der Waals surface area contributed by atoms with E-state index in [9.17, 15) is 28.8 Å². The van der Waals surface area contributed by atoms with Crippen molar-refractivity contribution in [3.05, 3.63) is 0 Å². The lowest BCUT2D eigenvalue weighted by Gasteiger charge is -2.38. The van der Waals surface area contributed by atoms with Crippen LogP contribution in [0, 0.1) is 28.6 Å². The number of carbonyl (C=O) groups excluding carboxylic acids is 6. The van der Waals surface area contributed by atoms with E-state index in [1.165, 1.54) is 4.90 Å². The minimum absolute atomic E-state index is 0.0402. The second-order valence-corrected chi connectivity index (χ2v) is 15.2. The molecule has 0 bridgehead atoms. The number of primary amides is 1. The van der Waals surface area contributed by atoms with Crippen LogP contribution in [0.15, 0.2) is 0 Å². The van der Waals surface area contributed by atoms with E-state index in [1.54, 1.807) is 4.90 Å². The first kappa shape index (κ1) is 38.0. The van der Waals surface area contributed by atoms with Crippen LogP contribution in [-0.4, -0.2) is 89.0 Å². The van der Waals surface area contributed by atoms with Gasteiger partial charge in [-0.1, -0.05) is 74.7 Å². The highest BCUT2D eigenvalue weighted by molar-refractivity contribution is 6.37. The van der Waals surface area contributed by atoms with Crippen molar-refractivity contribution < 1.29 is 28.8 Å². The Labute approximate surface area is 269 Å². The van der Waals surface area contributed by atoms with Crippen LogP contribution in [0.3, 0.4) is 0 Å². The molecule has 2 fully saturated rings. The number of hydrogen-bond acceptors (Lipinski definition) is 6. The molecule has 1 aliphatic heterocycles. The number of Topliss-reactive ketones (excluding diaryl/α,β-unsaturated/α-hetero) is 1. The van der Waals surface area contributed by atoms with E-state index in [1.807, 2.05) is 69.2 Å². The van der Waals surface area contributed by atoms with Gasteiger partial charge in [0.2, 0.25) is 23.5 Å². The molecule has 1 saturated heterocycles. The monoisotopic (exact) mass is 634 g/mol. The minimum atomic E-state index is -1.10. The maximum atomic E-state index is 14.3. The van der Waals surface area contributed by atoms with Crippen molar-refractivity contribution in [1.29, 1.82) is 0 Å². The summed E-state index contributed by atoms with van der Waals surface area (Å²) in [5.41, 5.74) is 3.98. The Morgan fingerprint density at radius 1 is 0.844 bits per heavy atom. The summed E-state index contributed by atoms with van der Waals surface area (Å²) in [6.45, 7) is 20.1. The van der Waals surface area contributed by atoms with E-state index < -0.39 is 64.5 Å². The van der Waals surface area contributed by atoms with Crippen molar-refractivity contribution in [2.45, 2.75) is 126 Å². The van der Waals surface area contributed by atoms with Crippen molar-refractivity contribution in [2.24, 2.45) is 34.3 Å². The van der Waals surface area contributed by atoms with E-state index in [2.05, 4.69) is 16.0 Å².